The summed E-state index contributed by atoms with van der Waals surface area (Å²) in [6, 6.07) is 12.4. The third-order valence-corrected chi connectivity index (χ3v) is 9.53. The quantitative estimate of drug-likeness (QED) is 0.460. The first kappa shape index (κ1) is 31.8. The van der Waals surface area contributed by atoms with E-state index in [4.69, 9.17) is 16.3 Å². The Kier molecular flexibility index (Phi) is 9.78. The van der Waals surface area contributed by atoms with E-state index in [-0.39, 0.29) is 53.3 Å². The van der Waals surface area contributed by atoms with Crippen molar-refractivity contribution in [1.29, 1.82) is 0 Å². The number of piperidine rings is 2. The summed E-state index contributed by atoms with van der Waals surface area (Å²) in [6.07, 6.45) is 1.50. The molecular weight excluding hydrogens is 587 g/mol. The molecule has 0 saturated carbocycles. The maximum atomic E-state index is 13.8. The van der Waals surface area contributed by atoms with Crippen LogP contribution in [-0.2, 0) is 14.4 Å². The Bertz CT molecular complexity index is 1360. The molecular formula is C33H40ClFN4O5. The third kappa shape index (κ3) is 7.01. The zero-order valence-electron chi connectivity index (χ0n) is 25.5. The largest absolute Gasteiger partial charge is 0.415 e. The average Bonchev–Trinajstić information content (AvgIpc) is 3.47. The van der Waals surface area contributed by atoms with Gasteiger partial charge in [-0.25, -0.2) is 9.18 Å². The number of nitrogens with zero attached hydrogens (tertiary/aromatic N) is 4. The lowest BCUT2D eigenvalue weighted by atomic mass is 9.91. The summed E-state index contributed by atoms with van der Waals surface area (Å²) in [4.78, 5) is 59.5. The second kappa shape index (κ2) is 13.5. The molecule has 9 nitrogen and oxygen atoms in total. The average molecular weight is 627 g/mol. The molecule has 2 aromatic carbocycles. The van der Waals surface area contributed by atoms with Crippen molar-refractivity contribution in [2.24, 2.45) is 11.8 Å². The van der Waals surface area contributed by atoms with Crippen molar-refractivity contribution in [3.8, 4) is 5.75 Å². The number of hydrogen-bond donors (Lipinski definition) is 0. The summed E-state index contributed by atoms with van der Waals surface area (Å²) < 4.78 is 18.8. The summed E-state index contributed by atoms with van der Waals surface area (Å²) >= 11 is 6.14. The Labute approximate surface area is 262 Å². The van der Waals surface area contributed by atoms with Gasteiger partial charge in [0.2, 0.25) is 17.7 Å². The van der Waals surface area contributed by atoms with Crippen LogP contribution in [0.25, 0.3) is 0 Å². The van der Waals surface area contributed by atoms with Gasteiger partial charge in [0.15, 0.2) is 0 Å². The van der Waals surface area contributed by atoms with Gasteiger partial charge in [0.25, 0.3) is 0 Å². The van der Waals surface area contributed by atoms with E-state index in [1.54, 1.807) is 24.1 Å². The highest BCUT2D eigenvalue weighted by molar-refractivity contribution is 6.30. The van der Waals surface area contributed by atoms with Crippen LogP contribution in [0, 0.1) is 17.7 Å². The summed E-state index contributed by atoms with van der Waals surface area (Å²) in [5, 5.41) is 0.596. The van der Waals surface area contributed by atoms with Crippen molar-refractivity contribution < 1.29 is 28.3 Å². The Balaban J connectivity index is 1.23. The van der Waals surface area contributed by atoms with E-state index in [1.165, 1.54) is 29.2 Å². The number of benzene rings is 2. The van der Waals surface area contributed by atoms with Gasteiger partial charge in [-0.15, -0.1) is 0 Å². The van der Waals surface area contributed by atoms with Crippen LogP contribution in [0.5, 0.6) is 5.75 Å². The van der Waals surface area contributed by atoms with Crippen LogP contribution in [0.2, 0.25) is 5.02 Å². The topological polar surface area (TPSA) is 90.5 Å². The summed E-state index contributed by atoms with van der Waals surface area (Å²) in [7, 11) is 1.65. The normalized spacial score (nSPS) is 22.8. The second-order valence-electron chi connectivity index (χ2n) is 12.4. The molecule has 0 radical (unpaired) electrons. The molecule has 11 heteroatoms. The predicted molar refractivity (Wildman–Crippen MR) is 164 cm³/mol. The van der Waals surface area contributed by atoms with E-state index in [0.717, 1.165) is 5.56 Å². The fourth-order valence-corrected chi connectivity index (χ4v) is 6.77. The molecule has 0 spiro atoms. The standard InChI is InChI=1S/C33H40ClFN4O5/c1-21(2)39-18-24(6-13-30(39)40)32(42)37-16-14-23(15-17-37)31(41)38-19-28(22-4-7-25(34)8-5-22)29(20-38)36(3)33(43)44-27-11-9-26(35)10-12-27/h4-5,7-12,21,23-24,28-29H,6,13-20H2,1-3H3/t24?,28-,29+/m0/s1. The van der Waals surface area contributed by atoms with Gasteiger partial charge < -0.3 is 24.3 Å². The number of likely N-dealkylation sites (tertiary alicyclic amines) is 3. The molecule has 0 bridgehead atoms. The minimum Gasteiger partial charge on any atom is -0.410 e. The second-order valence-corrected chi connectivity index (χ2v) is 12.8. The number of amides is 4. The smallest absolute Gasteiger partial charge is 0.410 e. The van der Waals surface area contributed by atoms with Gasteiger partial charge in [-0.3, -0.25) is 14.4 Å². The predicted octanol–water partition coefficient (Wildman–Crippen LogP) is 4.79. The Morgan fingerprint density at radius 2 is 1.52 bits per heavy atom. The fourth-order valence-electron chi connectivity index (χ4n) is 6.64. The summed E-state index contributed by atoms with van der Waals surface area (Å²) in [5.74, 6) is -0.593. The SMILES string of the molecule is CC(C)N1CC(C(=O)N2CCC(C(=O)N3C[C@@H](N(C)C(=O)Oc4ccc(F)cc4)[C@H](c4ccc(Cl)cc4)C3)CC2)CCC1=O. The fraction of sp³-hybridized carbons (Fsp3) is 0.515. The van der Waals surface area contributed by atoms with Crippen molar-refractivity contribution in [2.75, 3.05) is 39.8 Å². The minimum absolute atomic E-state index is 0.0214. The molecule has 4 amide bonds. The maximum Gasteiger partial charge on any atom is 0.415 e. The molecule has 236 valence electrons. The number of carbonyl (C=O) groups excluding carboxylic acids is 4. The first-order valence-corrected chi connectivity index (χ1v) is 15.7. The molecule has 3 heterocycles. The molecule has 3 aliphatic heterocycles. The van der Waals surface area contributed by atoms with E-state index in [2.05, 4.69) is 0 Å². The maximum absolute atomic E-state index is 13.8. The zero-order valence-corrected chi connectivity index (χ0v) is 26.2. The lowest BCUT2D eigenvalue weighted by Gasteiger charge is -2.39. The van der Waals surface area contributed by atoms with E-state index < -0.39 is 11.9 Å². The van der Waals surface area contributed by atoms with Crippen molar-refractivity contribution in [2.45, 2.75) is 57.5 Å². The number of ether oxygens (including phenoxy) is 1. The van der Waals surface area contributed by atoms with Crippen molar-refractivity contribution in [3.63, 3.8) is 0 Å². The third-order valence-electron chi connectivity index (χ3n) is 9.28. The van der Waals surface area contributed by atoms with Crippen LogP contribution in [-0.4, -0.2) is 95.3 Å². The zero-order chi connectivity index (χ0) is 31.5. The minimum atomic E-state index is -0.595. The Morgan fingerprint density at radius 1 is 0.886 bits per heavy atom. The highest BCUT2D eigenvalue weighted by Gasteiger charge is 2.43. The van der Waals surface area contributed by atoms with Gasteiger partial charge in [-0.1, -0.05) is 23.7 Å². The number of likely N-dealkylation sites (N-methyl/N-ethyl adjacent to an activating group) is 1. The number of hydrogen-bond acceptors (Lipinski definition) is 5. The van der Waals surface area contributed by atoms with Crippen LogP contribution in [0.1, 0.15) is 51.0 Å². The molecule has 0 aliphatic carbocycles. The van der Waals surface area contributed by atoms with Gasteiger partial charge in [-0.2, -0.15) is 0 Å². The van der Waals surface area contributed by atoms with Crippen LogP contribution in [0.3, 0.4) is 0 Å². The van der Waals surface area contributed by atoms with Crippen LogP contribution < -0.4 is 4.74 Å². The molecule has 5 rings (SSSR count). The monoisotopic (exact) mass is 626 g/mol. The van der Waals surface area contributed by atoms with Gasteiger partial charge >= 0.3 is 6.09 Å². The van der Waals surface area contributed by atoms with E-state index in [1.807, 2.05) is 35.8 Å². The van der Waals surface area contributed by atoms with Crippen LogP contribution >= 0.6 is 11.6 Å². The molecule has 0 aromatic heterocycles. The van der Waals surface area contributed by atoms with Crippen LogP contribution in [0.15, 0.2) is 48.5 Å². The van der Waals surface area contributed by atoms with Crippen molar-refractivity contribution in [1.82, 2.24) is 19.6 Å². The van der Waals surface area contributed by atoms with Crippen molar-refractivity contribution >= 4 is 35.4 Å². The number of rotatable bonds is 6. The first-order valence-electron chi connectivity index (χ1n) is 15.3. The first-order chi connectivity index (χ1) is 21.0. The van der Waals surface area contributed by atoms with Gasteiger partial charge in [0.05, 0.1) is 12.0 Å². The van der Waals surface area contributed by atoms with E-state index >= 15 is 0 Å². The van der Waals surface area contributed by atoms with Gasteiger partial charge in [-0.05, 0) is 75.1 Å². The molecule has 44 heavy (non-hydrogen) atoms. The van der Waals surface area contributed by atoms with Crippen molar-refractivity contribution in [3.05, 3.63) is 64.9 Å². The molecule has 1 unspecified atom stereocenters. The molecule has 0 N–H and O–H groups in total. The van der Waals surface area contributed by atoms with Crippen LogP contribution in [0.4, 0.5) is 9.18 Å². The lowest BCUT2D eigenvalue weighted by Crippen LogP contribution is -2.51. The highest BCUT2D eigenvalue weighted by Crippen LogP contribution is 2.34. The van der Waals surface area contributed by atoms with E-state index in [9.17, 15) is 23.6 Å². The molecule has 3 atom stereocenters. The lowest BCUT2D eigenvalue weighted by molar-refractivity contribution is -0.147. The number of halogens is 2. The molecule has 3 saturated heterocycles. The highest BCUT2D eigenvalue weighted by atomic mass is 35.5. The molecule has 2 aromatic rings. The van der Waals surface area contributed by atoms with Gasteiger partial charge in [0.1, 0.15) is 11.6 Å². The summed E-state index contributed by atoms with van der Waals surface area (Å²) in [6.45, 7) is 6.16. The molecule has 3 aliphatic rings. The summed E-state index contributed by atoms with van der Waals surface area (Å²) in [5.41, 5.74) is 0.956. The Morgan fingerprint density at radius 3 is 2.16 bits per heavy atom. The van der Waals surface area contributed by atoms with E-state index in [0.29, 0.717) is 63.4 Å². The number of carbonyl (C=O) groups is 4. The Hall–Kier alpha value is -3.66. The molecule has 3 fully saturated rings. The van der Waals surface area contributed by atoms with Gasteiger partial charge in [0, 0.05) is 69.1 Å².